The SMILES string of the molecule is N#Cc1c2c(c(NCCN3CCCCCC3)[n+]3c1[nH]c1ccccc13)CCC2. The lowest BCUT2D eigenvalue weighted by molar-refractivity contribution is -0.465. The topological polar surface area (TPSA) is 59.0 Å². The van der Waals surface area contributed by atoms with Gasteiger partial charge in [0, 0.05) is 12.1 Å². The predicted molar refractivity (Wildman–Crippen MR) is 112 cm³/mol. The van der Waals surface area contributed by atoms with Crippen molar-refractivity contribution in [2.75, 3.05) is 31.5 Å². The van der Waals surface area contributed by atoms with Crippen LogP contribution in [0.2, 0.25) is 0 Å². The summed E-state index contributed by atoms with van der Waals surface area (Å²) in [5.74, 6) is 1.19. The van der Waals surface area contributed by atoms with Crippen LogP contribution in [0.4, 0.5) is 5.82 Å². The lowest BCUT2D eigenvalue weighted by Gasteiger charge is -2.19. The number of aromatic amines is 1. The summed E-state index contributed by atoms with van der Waals surface area (Å²) >= 11 is 0. The van der Waals surface area contributed by atoms with Crippen molar-refractivity contribution in [3.05, 3.63) is 41.0 Å². The maximum atomic E-state index is 9.88. The van der Waals surface area contributed by atoms with E-state index < -0.39 is 0 Å². The Kier molecular flexibility index (Phi) is 4.66. The van der Waals surface area contributed by atoms with E-state index in [4.69, 9.17) is 0 Å². The van der Waals surface area contributed by atoms with Gasteiger partial charge in [-0.2, -0.15) is 9.66 Å². The molecule has 1 aromatic carbocycles. The number of hydrogen-bond donors (Lipinski definition) is 2. The predicted octanol–water partition coefficient (Wildman–Crippen LogP) is 3.55. The molecular weight excluding hydrogens is 346 g/mol. The highest BCUT2D eigenvalue weighted by atomic mass is 15.2. The van der Waals surface area contributed by atoms with Gasteiger partial charge in [-0.3, -0.25) is 4.98 Å². The molecule has 0 radical (unpaired) electrons. The van der Waals surface area contributed by atoms with Gasteiger partial charge >= 0.3 is 0 Å². The molecular formula is C23H28N5+. The molecule has 1 saturated heterocycles. The minimum Gasteiger partial charge on any atom is -0.304 e. The Labute approximate surface area is 166 Å². The van der Waals surface area contributed by atoms with Crippen LogP contribution in [0.3, 0.4) is 0 Å². The third kappa shape index (κ3) is 2.93. The van der Waals surface area contributed by atoms with E-state index in [0.717, 1.165) is 54.6 Å². The van der Waals surface area contributed by atoms with Crippen molar-refractivity contribution < 1.29 is 4.40 Å². The van der Waals surface area contributed by atoms with Crippen LogP contribution in [0.1, 0.15) is 48.8 Å². The molecule has 5 heteroatoms. The molecule has 2 aromatic heterocycles. The largest absolute Gasteiger partial charge is 0.304 e. The number of benzene rings is 1. The minimum atomic E-state index is 0.821. The second kappa shape index (κ2) is 7.44. The highest BCUT2D eigenvalue weighted by Crippen LogP contribution is 2.32. The van der Waals surface area contributed by atoms with Crippen molar-refractivity contribution in [3.63, 3.8) is 0 Å². The Morgan fingerprint density at radius 3 is 2.64 bits per heavy atom. The van der Waals surface area contributed by atoms with E-state index in [1.54, 1.807) is 0 Å². The number of likely N-dealkylation sites (tertiary alicyclic amines) is 1. The van der Waals surface area contributed by atoms with Gasteiger partial charge in [-0.1, -0.05) is 25.0 Å². The average Bonchev–Trinajstić information content (AvgIpc) is 3.26. The van der Waals surface area contributed by atoms with Gasteiger partial charge < -0.3 is 10.2 Å². The smallest absolute Gasteiger partial charge is 0.250 e. The Bertz CT molecular complexity index is 1050. The quantitative estimate of drug-likeness (QED) is 0.687. The zero-order chi connectivity index (χ0) is 18.9. The van der Waals surface area contributed by atoms with Gasteiger partial charge in [0.2, 0.25) is 11.5 Å². The number of nitriles is 1. The molecule has 5 nitrogen and oxygen atoms in total. The second-order valence-electron chi connectivity index (χ2n) is 8.15. The van der Waals surface area contributed by atoms with E-state index in [9.17, 15) is 5.26 Å². The monoisotopic (exact) mass is 374 g/mol. The first kappa shape index (κ1) is 17.5. The standard InChI is InChI=1S/C23H27N5/c24-16-19-17-8-7-9-18(17)22(25-12-15-27-13-5-1-2-6-14-27)28-21-11-4-3-10-20(21)26-23(19)28/h3-4,10-11H,1-2,5-9,12-15H2,(H,25,26)/p+1. The maximum Gasteiger partial charge on any atom is 0.250 e. The normalized spacial score (nSPS) is 17.5. The van der Waals surface area contributed by atoms with E-state index in [1.807, 2.05) is 6.07 Å². The fourth-order valence-electron chi connectivity index (χ4n) is 5.04. The number of rotatable bonds is 4. The molecule has 0 spiro atoms. The van der Waals surface area contributed by atoms with Crippen LogP contribution in [0.15, 0.2) is 24.3 Å². The zero-order valence-corrected chi connectivity index (χ0v) is 16.4. The van der Waals surface area contributed by atoms with Gasteiger partial charge in [-0.25, -0.2) is 0 Å². The number of fused-ring (bicyclic) bond motifs is 4. The highest BCUT2D eigenvalue weighted by Gasteiger charge is 2.29. The number of anilines is 1. The minimum absolute atomic E-state index is 0.821. The summed E-state index contributed by atoms with van der Waals surface area (Å²) in [6, 6.07) is 10.8. The first-order chi connectivity index (χ1) is 13.9. The molecule has 0 bridgehead atoms. The van der Waals surface area contributed by atoms with Crippen LogP contribution in [0, 0.1) is 11.3 Å². The number of imidazole rings is 1. The summed E-state index contributed by atoms with van der Waals surface area (Å²) in [7, 11) is 0. The van der Waals surface area contributed by atoms with Crippen molar-refractivity contribution in [2.24, 2.45) is 0 Å². The molecule has 0 unspecified atom stereocenters. The van der Waals surface area contributed by atoms with Crippen LogP contribution in [-0.4, -0.2) is 36.1 Å². The van der Waals surface area contributed by atoms with Crippen LogP contribution in [-0.2, 0) is 12.8 Å². The third-order valence-electron chi connectivity index (χ3n) is 6.42. The Morgan fingerprint density at radius 2 is 1.82 bits per heavy atom. The number of nitrogens with zero attached hydrogens (tertiary/aromatic N) is 3. The molecule has 0 saturated carbocycles. The summed E-state index contributed by atoms with van der Waals surface area (Å²) < 4.78 is 2.25. The van der Waals surface area contributed by atoms with E-state index in [-0.39, 0.29) is 0 Å². The van der Waals surface area contributed by atoms with Crippen molar-refractivity contribution >= 4 is 22.5 Å². The number of hydrogen-bond acceptors (Lipinski definition) is 3. The molecule has 3 heterocycles. The lowest BCUT2D eigenvalue weighted by atomic mass is 10.1. The van der Waals surface area contributed by atoms with E-state index in [2.05, 4.69) is 43.9 Å². The summed E-state index contributed by atoms with van der Waals surface area (Å²) in [5, 5.41) is 13.7. The fourth-order valence-corrected chi connectivity index (χ4v) is 5.04. The van der Waals surface area contributed by atoms with Gasteiger partial charge in [0.25, 0.3) is 0 Å². The van der Waals surface area contributed by atoms with Gasteiger partial charge in [0.1, 0.15) is 22.7 Å². The van der Waals surface area contributed by atoms with E-state index in [0.29, 0.717) is 0 Å². The van der Waals surface area contributed by atoms with Gasteiger partial charge in [-0.15, -0.1) is 0 Å². The van der Waals surface area contributed by atoms with Crippen LogP contribution >= 0.6 is 0 Å². The second-order valence-corrected chi connectivity index (χ2v) is 8.15. The van der Waals surface area contributed by atoms with Crippen molar-refractivity contribution in [1.82, 2.24) is 9.88 Å². The molecule has 0 amide bonds. The third-order valence-corrected chi connectivity index (χ3v) is 6.42. The van der Waals surface area contributed by atoms with E-state index >= 15 is 0 Å². The van der Waals surface area contributed by atoms with Crippen molar-refractivity contribution in [3.8, 4) is 6.07 Å². The summed E-state index contributed by atoms with van der Waals surface area (Å²) in [6.07, 6.45) is 8.60. The molecule has 5 rings (SSSR count). The molecule has 2 aliphatic rings. The number of para-hydroxylation sites is 2. The van der Waals surface area contributed by atoms with Crippen molar-refractivity contribution in [2.45, 2.75) is 44.9 Å². The number of nitrogens with one attached hydrogen (secondary N) is 2. The molecule has 1 aliphatic carbocycles. The zero-order valence-electron chi connectivity index (χ0n) is 16.4. The maximum absolute atomic E-state index is 9.88. The number of H-pyrrole nitrogens is 1. The molecule has 1 fully saturated rings. The summed E-state index contributed by atoms with van der Waals surface area (Å²) in [4.78, 5) is 6.10. The average molecular weight is 375 g/mol. The van der Waals surface area contributed by atoms with Gasteiger partial charge in [-0.05, 0) is 62.9 Å². The highest BCUT2D eigenvalue weighted by molar-refractivity contribution is 5.78. The molecule has 3 aromatic rings. The van der Waals surface area contributed by atoms with E-state index in [1.165, 1.54) is 55.7 Å². The Hall–Kier alpha value is -2.58. The van der Waals surface area contributed by atoms with Gasteiger partial charge in [0.15, 0.2) is 0 Å². The number of aromatic nitrogens is 2. The van der Waals surface area contributed by atoms with Gasteiger partial charge in [0.05, 0.1) is 6.54 Å². The molecule has 0 atom stereocenters. The van der Waals surface area contributed by atoms with Crippen molar-refractivity contribution in [1.29, 1.82) is 5.26 Å². The van der Waals surface area contributed by atoms with Crippen LogP contribution < -0.4 is 9.72 Å². The molecule has 2 N–H and O–H groups in total. The summed E-state index contributed by atoms with van der Waals surface area (Å²) in [6.45, 7) is 4.48. The van der Waals surface area contributed by atoms with Crippen LogP contribution in [0.25, 0.3) is 16.7 Å². The Morgan fingerprint density at radius 1 is 1.04 bits per heavy atom. The molecule has 28 heavy (non-hydrogen) atoms. The molecule has 144 valence electrons. The first-order valence-electron chi connectivity index (χ1n) is 10.7. The fraction of sp³-hybridized carbons (Fsp3) is 0.478. The summed E-state index contributed by atoms with van der Waals surface area (Å²) in [5.41, 5.74) is 6.56. The lowest BCUT2D eigenvalue weighted by Crippen LogP contribution is -2.34. The molecule has 1 aliphatic heterocycles. The van der Waals surface area contributed by atoms with Crippen LogP contribution in [0.5, 0.6) is 0 Å². The number of pyridine rings is 1. The Balaban J connectivity index is 1.54. The first-order valence-corrected chi connectivity index (χ1v) is 10.7.